The number of aromatic nitrogens is 1. The number of benzene rings is 1. The normalized spacial score (nSPS) is 20.0. The second kappa shape index (κ2) is 14.4. The third kappa shape index (κ3) is 8.59. The number of ether oxygens (including phenoxy) is 2. The minimum Gasteiger partial charge on any atom is -0.460 e. The van der Waals surface area contributed by atoms with E-state index in [-0.39, 0.29) is 30.9 Å². The minimum atomic E-state index is -0.854. The molecular formula is C33H48N4O6. The summed E-state index contributed by atoms with van der Waals surface area (Å²) in [5.74, 6) is -1.20. The van der Waals surface area contributed by atoms with E-state index < -0.39 is 29.6 Å². The summed E-state index contributed by atoms with van der Waals surface area (Å²) < 4.78 is 13.0. The molecule has 236 valence electrons. The Morgan fingerprint density at radius 3 is 2.47 bits per heavy atom. The molecule has 10 nitrogen and oxygen atoms in total. The number of amides is 3. The molecule has 0 bridgehead atoms. The summed E-state index contributed by atoms with van der Waals surface area (Å²) in [7, 11) is 1.80. The van der Waals surface area contributed by atoms with Gasteiger partial charge < -0.3 is 25.1 Å². The lowest BCUT2D eigenvalue weighted by atomic mass is 9.90. The Hall–Kier alpha value is -3.40. The summed E-state index contributed by atoms with van der Waals surface area (Å²) in [5.41, 5.74) is 6.92. The first kappa shape index (κ1) is 32.5. The molecule has 3 amide bonds. The number of hydrogen-bond acceptors (Lipinski definition) is 7. The largest absolute Gasteiger partial charge is 0.460 e. The summed E-state index contributed by atoms with van der Waals surface area (Å²) in [5, 5.41) is 3.85. The molecule has 10 heteroatoms. The van der Waals surface area contributed by atoms with Crippen LogP contribution in [-0.4, -0.2) is 64.2 Å². The Bertz CT molecular complexity index is 1290. The first-order chi connectivity index (χ1) is 20.4. The Labute approximate surface area is 254 Å². The van der Waals surface area contributed by atoms with Crippen LogP contribution < -0.4 is 11.1 Å². The quantitative estimate of drug-likeness (QED) is 0.366. The van der Waals surface area contributed by atoms with Crippen LogP contribution in [0.2, 0.25) is 0 Å². The van der Waals surface area contributed by atoms with Crippen molar-refractivity contribution in [1.82, 2.24) is 14.8 Å². The lowest BCUT2D eigenvalue weighted by molar-refractivity contribution is -0.160. The van der Waals surface area contributed by atoms with Gasteiger partial charge in [-0.1, -0.05) is 43.9 Å². The van der Waals surface area contributed by atoms with Crippen molar-refractivity contribution in [2.45, 2.75) is 103 Å². The van der Waals surface area contributed by atoms with E-state index in [1.807, 2.05) is 45.0 Å². The number of esters is 1. The van der Waals surface area contributed by atoms with Crippen molar-refractivity contribution in [1.29, 1.82) is 0 Å². The molecule has 2 fully saturated rings. The predicted molar refractivity (Wildman–Crippen MR) is 164 cm³/mol. The van der Waals surface area contributed by atoms with Gasteiger partial charge in [-0.25, -0.2) is 9.69 Å². The van der Waals surface area contributed by atoms with E-state index in [0.29, 0.717) is 37.5 Å². The Kier molecular flexibility index (Phi) is 10.9. The number of imide groups is 1. The lowest BCUT2D eigenvalue weighted by Crippen LogP contribution is -2.49. The number of hydrogen-bond donors (Lipinski definition) is 2. The van der Waals surface area contributed by atoms with Gasteiger partial charge in [0.1, 0.15) is 11.3 Å². The summed E-state index contributed by atoms with van der Waals surface area (Å²) in [4.78, 5) is 53.8. The molecule has 3 N–H and O–H groups in total. The van der Waals surface area contributed by atoms with E-state index in [1.54, 1.807) is 17.7 Å². The molecule has 2 aliphatic carbocycles. The highest BCUT2D eigenvalue weighted by Crippen LogP contribution is 2.29. The average Bonchev–Trinajstić information content (AvgIpc) is 3.57. The molecule has 1 aromatic carbocycles. The molecule has 2 saturated carbocycles. The Morgan fingerprint density at radius 1 is 1.05 bits per heavy atom. The predicted octanol–water partition coefficient (Wildman–Crippen LogP) is 5.07. The van der Waals surface area contributed by atoms with Gasteiger partial charge in [0.05, 0.1) is 18.6 Å². The van der Waals surface area contributed by atoms with Gasteiger partial charge in [-0.3, -0.25) is 14.4 Å². The second-order valence-electron chi connectivity index (χ2n) is 13.1. The summed E-state index contributed by atoms with van der Waals surface area (Å²) in [6, 6.07) is 8.25. The van der Waals surface area contributed by atoms with Crippen molar-refractivity contribution < 1.29 is 28.7 Å². The highest BCUT2D eigenvalue weighted by Gasteiger charge is 2.37. The van der Waals surface area contributed by atoms with Gasteiger partial charge in [0, 0.05) is 30.5 Å². The number of aryl methyl sites for hydroxylation is 1. The van der Waals surface area contributed by atoms with Crippen molar-refractivity contribution in [3.05, 3.63) is 36.0 Å². The Morgan fingerprint density at radius 2 is 1.77 bits per heavy atom. The van der Waals surface area contributed by atoms with Crippen molar-refractivity contribution >= 4 is 34.8 Å². The zero-order valence-corrected chi connectivity index (χ0v) is 26.1. The summed E-state index contributed by atoms with van der Waals surface area (Å²) in [6.07, 6.45) is 7.54. The van der Waals surface area contributed by atoms with Gasteiger partial charge in [0.25, 0.3) is 5.91 Å². The topological polar surface area (TPSA) is 133 Å². The van der Waals surface area contributed by atoms with Gasteiger partial charge in [-0.05, 0) is 77.3 Å². The molecule has 2 aliphatic rings. The van der Waals surface area contributed by atoms with Gasteiger partial charge in [-0.2, -0.15) is 0 Å². The molecular weight excluding hydrogens is 548 g/mol. The molecule has 0 aliphatic heterocycles. The number of carbonyl (C=O) groups is 4. The zero-order valence-electron chi connectivity index (χ0n) is 26.1. The number of carbonyl (C=O) groups excluding carboxylic acids is 4. The lowest BCUT2D eigenvalue weighted by Gasteiger charge is -2.26. The van der Waals surface area contributed by atoms with E-state index in [4.69, 9.17) is 15.2 Å². The molecule has 0 saturated heterocycles. The number of nitrogens with zero attached hydrogens (tertiary/aromatic N) is 2. The van der Waals surface area contributed by atoms with E-state index in [9.17, 15) is 19.2 Å². The maximum atomic E-state index is 13.7. The standard InChI is InChI=1S/C33H48N4O6/c1-33(2,3)43-31(40)24-15-10-17-26(24)35-29(38)25(34)16-11-19-37(32(41)42-21-22-12-6-5-7-13-22)30(39)28-20-23-14-8-9-18-27(23)36(28)4/h8-9,14,18,20,22,24-26H,5-7,10-13,15-17,19,21,34H2,1-4H3,(H,35,38)/t24-,25+,26+/m1/s1. The minimum absolute atomic E-state index is 0.0643. The van der Waals surface area contributed by atoms with Crippen LogP contribution in [0.3, 0.4) is 0 Å². The fraction of sp³-hybridized carbons (Fsp3) is 0.636. The van der Waals surface area contributed by atoms with Crippen LogP contribution >= 0.6 is 0 Å². The fourth-order valence-electron chi connectivity index (χ4n) is 6.21. The molecule has 1 heterocycles. The van der Waals surface area contributed by atoms with Crippen LogP contribution in [0.25, 0.3) is 10.9 Å². The average molecular weight is 597 g/mol. The van der Waals surface area contributed by atoms with E-state index in [1.165, 1.54) is 6.42 Å². The second-order valence-corrected chi connectivity index (χ2v) is 13.1. The molecule has 0 spiro atoms. The van der Waals surface area contributed by atoms with Crippen molar-refractivity contribution in [2.75, 3.05) is 13.2 Å². The number of nitrogens with one attached hydrogen (secondary N) is 1. The molecule has 43 heavy (non-hydrogen) atoms. The third-order valence-corrected chi connectivity index (χ3v) is 8.59. The molecule has 1 aromatic heterocycles. The molecule has 0 unspecified atom stereocenters. The molecule has 4 rings (SSSR count). The van der Waals surface area contributed by atoms with Crippen LogP contribution in [0.15, 0.2) is 30.3 Å². The van der Waals surface area contributed by atoms with Crippen molar-refractivity contribution in [3.63, 3.8) is 0 Å². The maximum absolute atomic E-state index is 13.7. The molecule has 0 radical (unpaired) electrons. The first-order valence-electron chi connectivity index (χ1n) is 15.8. The van der Waals surface area contributed by atoms with Crippen LogP contribution in [0, 0.1) is 11.8 Å². The van der Waals surface area contributed by atoms with Gasteiger partial charge >= 0.3 is 12.1 Å². The van der Waals surface area contributed by atoms with Crippen molar-refractivity contribution in [3.8, 4) is 0 Å². The maximum Gasteiger partial charge on any atom is 0.416 e. The SMILES string of the molecule is Cn1c(C(=O)N(CCC[C@H](N)C(=O)N[C@H]2CCC[C@H]2C(=O)OC(C)(C)C)C(=O)OCC2CCCCC2)cc2ccccc21. The van der Waals surface area contributed by atoms with Gasteiger partial charge in [0.2, 0.25) is 5.91 Å². The molecule has 2 aromatic rings. The van der Waals surface area contributed by atoms with Crippen LogP contribution in [0.1, 0.15) is 95.5 Å². The van der Waals surface area contributed by atoms with Crippen LogP contribution in [0.4, 0.5) is 4.79 Å². The van der Waals surface area contributed by atoms with E-state index in [2.05, 4.69) is 5.32 Å². The zero-order chi connectivity index (χ0) is 31.1. The van der Waals surface area contributed by atoms with Crippen LogP contribution in [0.5, 0.6) is 0 Å². The summed E-state index contributed by atoms with van der Waals surface area (Å²) in [6.45, 7) is 5.82. The van der Waals surface area contributed by atoms with Crippen molar-refractivity contribution in [2.24, 2.45) is 24.6 Å². The number of rotatable bonds is 10. The monoisotopic (exact) mass is 596 g/mol. The van der Waals surface area contributed by atoms with E-state index in [0.717, 1.165) is 47.9 Å². The fourth-order valence-corrected chi connectivity index (χ4v) is 6.21. The summed E-state index contributed by atoms with van der Waals surface area (Å²) >= 11 is 0. The third-order valence-electron chi connectivity index (χ3n) is 8.59. The van der Waals surface area contributed by atoms with Gasteiger partial charge in [-0.15, -0.1) is 0 Å². The number of para-hydroxylation sites is 1. The van der Waals surface area contributed by atoms with Gasteiger partial charge in [0.15, 0.2) is 0 Å². The number of nitrogens with two attached hydrogens (primary N) is 1. The highest BCUT2D eigenvalue weighted by atomic mass is 16.6. The molecule has 3 atom stereocenters. The number of fused-ring (bicyclic) bond motifs is 1. The van der Waals surface area contributed by atoms with E-state index >= 15 is 0 Å². The first-order valence-corrected chi connectivity index (χ1v) is 15.8. The highest BCUT2D eigenvalue weighted by molar-refractivity contribution is 6.05. The Balaban J connectivity index is 1.37. The van der Waals surface area contributed by atoms with Crippen LogP contribution in [-0.2, 0) is 26.1 Å². The smallest absolute Gasteiger partial charge is 0.416 e.